The van der Waals surface area contributed by atoms with Crippen LogP contribution in [0.4, 0.5) is 4.79 Å². The van der Waals surface area contributed by atoms with Gasteiger partial charge in [-0.3, -0.25) is 0 Å². The lowest BCUT2D eigenvalue weighted by Gasteiger charge is -1.91. The molecule has 0 aliphatic rings. The second-order valence-electron chi connectivity index (χ2n) is 2.74. The summed E-state index contributed by atoms with van der Waals surface area (Å²) in [5, 5.41) is 17.0. The molecule has 0 aromatic carbocycles. The number of ether oxygens (including phenoxy) is 1. The second kappa shape index (κ2) is 3.31. The van der Waals surface area contributed by atoms with Crippen LogP contribution in [0.3, 0.4) is 0 Å². The van der Waals surface area contributed by atoms with Crippen LogP contribution >= 0.6 is 0 Å². The maximum absolute atomic E-state index is 10.3. The Hall–Kier alpha value is -2.55. The molecule has 6 nitrogen and oxygen atoms in total. The van der Waals surface area contributed by atoms with Gasteiger partial charge in [-0.25, -0.2) is 9.78 Å². The number of nitriles is 1. The Morgan fingerprint density at radius 3 is 3.07 bits per heavy atom. The molecular formula is C9H5N3O3. The van der Waals surface area contributed by atoms with Crippen molar-refractivity contribution >= 4 is 17.2 Å². The first-order valence-corrected chi connectivity index (χ1v) is 3.99. The molecule has 0 amide bonds. The molecule has 2 heterocycles. The quantitative estimate of drug-likeness (QED) is 0.684. The number of hydrogen-bond donors (Lipinski definition) is 2. The van der Waals surface area contributed by atoms with Crippen molar-refractivity contribution < 1.29 is 14.6 Å². The van der Waals surface area contributed by atoms with E-state index in [9.17, 15) is 4.79 Å². The van der Waals surface area contributed by atoms with Crippen molar-refractivity contribution in [2.45, 2.75) is 0 Å². The molecule has 2 rings (SSSR count). The number of carboxylic acid groups (broad SMARTS) is 1. The minimum atomic E-state index is -1.40. The zero-order valence-electron chi connectivity index (χ0n) is 7.39. The van der Waals surface area contributed by atoms with Gasteiger partial charge in [-0.05, 0) is 12.1 Å². The maximum Gasteiger partial charge on any atom is 0.512 e. The summed E-state index contributed by atoms with van der Waals surface area (Å²) >= 11 is 0. The SMILES string of the molecule is N#Cc1ccc2[nH]c(OC(=O)O)cc2n1. The Kier molecular flexibility index (Phi) is 1.99. The van der Waals surface area contributed by atoms with Crippen molar-refractivity contribution in [1.82, 2.24) is 9.97 Å². The van der Waals surface area contributed by atoms with E-state index in [1.54, 1.807) is 6.07 Å². The molecule has 6 heteroatoms. The number of pyridine rings is 1. The fourth-order valence-corrected chi connectivity index (χ4v) is 1.19. The third kappa shape index (κ3) is 1.71. The van der Waals surface area contributed by atoms with Crippen molar-refractivity contribution in [1.29, 1.82) is 5.26 Å². The summed E-state index contributed by atoms with van der Waals surface area (Å²) in [6.07, 6.45) is -1.40. The number of nitrogens with one attached hydrogen (secondary N) is 1. The Bertz CT molecular complexity index is 567. The van der Waals surface area contributed by atoms with Crippen LogP contribution in [0.5, 0.6) is 5.88 Å². The highest BCUT2D eigenvalue weighted by atomic mass is 16.7. The van der Waals surface area contributed by atoms with Crippen molar-refractivity contribution in [3.63, 3.8) is 0 Å². The van der Waals surface area contributed by atoms with Gasteiger partial charge in [0.2, 0.25) is 5.88 Å². The fourth-order valence-electron chi connectivity index (χ4n) is 1.19. The van der Waals surface area contributed by atoms with Gasteiger partial charge in [-0.2, -0.15) is 5.26 Å². The normalized spacial score (nSPS) is 9.80. The Balaban J connectivity index is 2.47. The zero-order valence-corrected chi connectivity index (χ0v) is 7.39. The van der Waals surface area contributed by atoms with Crippen molar-refractivity contribution in [3.05, 3.63) is 23.9 Å². The van der Waals surface area contributed by atoms with E-state index in [-0.39, 0.29) is 11.6 Å². The summed E-state index contributed by atoms with van der Waals surface area (Å²) < 4.78 is 4.41. The van der Waals surface area contributed by atoms with Crippen molar-refractivity contribution in [2.75, 3.05) is 0 Å². The van der Waals surface area contributed by atoms with Crippen molar-refractivity contribution in [2.24, 2.45) is 0 Å². The van der Waals surface area contributed by atoms with Gasteiger partial charge in [0.1, 0.15) is 11.8 Å². The smallest absolute Gasteiger partial charge is 0.449 e. The number of H-pyrrole nitrogens is 1. The highest BCUT2D eigenvalue weighted by Crippen LogP contribution is 2.18. The molecule has 0 bridgehead atoms. The molecule has 2 N–H and O–H groups in total. The average molecular weight is 203 g/mol. The molecule has 15 heavy (non-hydrogen) atoms. The van der Waals surface area contributed by atoms with E-state index in [4.69, 9.17) is 10.4 Å². The summed E-state index contributed by atoms with van der Waals surface area (Å²) in [5.41, 5.74) is 1.37. The van der Waals surface area contributed by atoms with E-state index >= 15 is 0 Å². The van der Waals surface area contributed by atoms with E-state index in [0.717, 1.165) is 0 Å². The van der Waals surface area contributed by atoms with Crippen LogP contribution < -0.4 is 4.74 Å². The number of fused-ring (bicyclic) bond motifs is 1. The molecule has 0 fully saturated rings. The first kappa shape index (κ1) is 9.02. The first-order valence-electron chi connectivity index (χ1n) is 3.99. The fraction of sp³-hybridized carbons (Fsp3) is 0. The number of carbonyl (C=O) groups is 1. The molecule has 0 saturated heterocycles. The Labute approximate surface area is 83.7 Å². The molecule has 0 atom stereocenters. The van der Waals surface area contributed by atoms with E-state index < -0.39 is 6.16 Å². The summed E-state index contributed by atoms with van der Waals surface area (Å²) in [4.78, 5) is 16.9. The molecule has 0 spiro atoms. The summed E-state index contributed by atoms with van der Waals surface area (Å²) in [5.74, 6) is 0.0834. The molecular weight excluding hydrogens is 198 g/mol. The van der Waals surface area contributed by atoms with Crippen LogP contribution in [0, 0.1) is 11.3 Å². The topological polar surface area (TPSA) is 99.0 Å². The van der Waals surface area contributed by atoms with Gasteiger partial charge in [-0.15, -0.1) is 0 Å². The molecule has 0 radical (unpaired) electrons. The standard InChI is InChI=1S/C9H5N3O3/c10-4-5-1-2-6-7(11-5)3-8(12-6)15-9(13)14/h1-3,12H,(H,13,14). The molecule has 0 aliphatic heterocycles. The molecule has 2 aromatic heterocycles. The van der Waals surface area contributed by atoms with Gasteiger partial charge in [0.05, 0.1) is 11.0 Å². The predicted octanol–water partition coefficient (Wildman–Crippen LogP) is 1.49. The third-order valence-electron chi connectivity index (χ3n) is 1.76. The lowest BCUT2D eigenvalue weighted by atomic mass is 10.3. The van der Waals surface area contributed by atoms with Crippen LogP contribution in [0.25, 0.3) is 11.0 Å². The minimum absolute atomic E-state index is 0.0834. The summed E-state index contributed by atoms with van der Waals surface area (Å²) in [7, 11) is 0. The second-order valence-corrected chi connectivity index (χ2v) is 2.74. The Morgan fingerprint density at radius 2 is 2.40 bits per heavy atom. The largest absolute Gasteiger partial charge is 0.512 e. The van der Waals surface area contributed by atoms with Crippen LogP contribution in [0.2, 0.25) is 0 Å². The van der Waals surface area contributed by atoms with Crippen molar-refractivity contribution in [3.8, 4) is 11.9 Å². The number of nitrogens with zero attached hydrogens (tertiary/aromatic N) is 2. The monoisotopic (exact) mass is 203 g/mol. The van der Waals surface area contributed by atoms with Gasteiger partial charge >= 0.3 is 6.16 Å². The van der Waals surface area contributed by atoms with Gasteiger partial charge in [-0.1, -0.05) is 0 Å². The maximum atomic E-state index is 10.3. The highest BCUT2D eigenvalue weighted by Gasteiger charge is 2.06. The first-order chi connectivity index (χ1) is 7.19. The molecule has 0 unspecified atom stereocenters. The lowest BCUT2D eigenvalue weighted by molar-refractivity contribution is 0.143. The van der Waals surface area contributed by atoms with Gasteiger partial charge in [0.25, 0.3) is 0 Å². The van der Waals surface area contributed by atoms with Gasteiger partial charge < -0.3 is 14.8 Å². The van der Waals surface area contributed by atoms with E-state index in [2.05, 4.69) is 14.7 Å². The highest BCUT2D eigenvalue weighted by molar-refractivity contribution is 5.78. The predicted molar refractivity (Wildman–Crippen MR) is 49.5 cm³/mol. The molecule has 0 aliphatic carbocycles. The third-order valence-corrected chi connectivity index (χ3v) is 1.76. The lowest BCUT2D eigenvalue weighted by Crippen LogP contribution is -2.02. The molecule has 2 aromatic rings. The number of hydrogen-bond acceptors (Lipinski definition) is 4. The van der Waals surface area contributed by atoms with E-state index in [1.165, 1.54) is 12.1 Å². The van der Waals surface area contributed by atoms with Crippen LogP contribution in [-0.2, 0) is 0 Å². The number of aromatic nitrogens is 2. The number of aromatic amines is 1. The van der Waals surface area contributed by atoms with Crippen LogP contribution in [-0.4, -0.2) is 21.2 Å². The van der Waals surface area contributed by atoms with Crippen LogP contribution in [0.1, 0.15) is 5.69 Å². The van der Waals surface area contributed by atoms with E-state index in [0.29, 0.717) is 11.0 Å². The molecule has 74 valence electrons. The summed E-state index contributed by atoms with van der Waals surface area (Å²) in [6.45, 7) is 0. The zero-order chi connectivity index (χ0) is 10.8. The Morgan fingerprint density at radius 1 is 1.60 bits per heavy atom. The van der Waals surface area contributed by atoms with Gasteiger partial charge in [0, 0.05) is 6.07 Å². The van der Waals surface area contributed by atoms with Gasteiger partial charge in [0.15, 0.2) is 0 Å². The molecule has 0 saturated carbocycles. The number of rotatable bonds is 1. The average Bonchev–Trinajstić information content (AvgIpc) is 2.57. The van der Waals surface area contributed by atoms with Crippen LogP contribution in [0.15, 0.2) is 18.2 Å². The summed E-state index contributed by atoms with van der Waals surface area (Å²) in [6, 6.07) is 6.47. The van der Waals surface area contributed by atoms with E-state index in [1.807, 2.05) is 6.07 Å². The minimum Gasteiger partial charge on any atom is -0.449 e.